The Balaban J connectivity index is 2.35. The van der Waals surface area contributed by atoms with E-state index < -0.39 is 8.80 Å². The van der Waals surface area contributed by atoms with E-state index in [2.05, 4.69) is 60.8 Å². The van der Waals surface area contributed by atoms with Crippen molar-refractivity contribution in [3.05, 3.63) is 60.8 Å². The zero-order valence-electron chi connectivity index (χ0n) is 8.48. The molecule has 0 saturated carbocycles. The molecule has 0 N–H and O–H groups in total. The second-order valence-corrected chi connectivity index (χ2v) is 6.56. The Labute approximate surface area is 91.5 Å². The zero-order chi connectivity index (χ0) is 10.3. The first-order valence-electron chi connectivity index (χ1n) is 5.22. The highest BCUT2D eigenvalue weighted by molar-refractivity contribution is 6.93. The van der Waals surface area contributed by atoms with Crippen LogP contribution < -0.4 is 10.4 Å². The van der Waals surface area contributed by atoms with E-state index in [1.165, 1.54) is 21.5 Å². The normalized spacial score (nSPS) is 13.3. The molecule has 0 atom stereocenters. The van der Waals surface area contributed by atoms with Crippen molar-refractivity contribution >= 4 is 19.2 Å². The van der Waals surface area contributed by atoms with Gasteiger partial charge < -0.3 is 0 Å². The van der Waals surface area contributed by atoms with E-state index in [0.29, 0.717) is 0 Å². The van der Waals surface area contributed by atoms with Crippen LogP contribution in [0.25, 0.3) is 11.1 Å². The van der Waals surface area contributed by atoms with Crippen LogP contribution in [0.4, 0.5) is 0 Å². The van der Waals surface area contributed by atoms with Gasteiger partial charge in [0.05, 0.1) is 0 Å². The molecular weight excluding hydrogens is 196 g/mol. The number of hydrogen-bond donors (Lipinski definition) is 0. The van der Waals surface area contributed by atoms with Crippen LogP contribution in [0.1, 0.15) is 0 Å². The fraction of sp³-hybridized carbons (Fsp3) is 0. The van der Waals surface area contributed by atoms with Crippen molar-refractivity contribution in [1.29, 1.82) is 0 Å². The molecule has 0 bridgehead atoms. The molecule has 0 saturated heterocycles. The van der Waals surface area contributed by atoms with Crippen LogP contribution in [0, 0.1) is 0 Å². The summed E-state index contributed by atoms with van der Waals surface area (Å²) >= 11 is 0. The van der Waals surface area contributed by atoms with Gasteiger partial charge >= 0.3 is 0 Å². The van der Waals surface area contributed by atoms with Gasteiger partial charge in [0.15, 0.2) is 0 Å². The van der Waals surface area contributed by atoms with Crippen molar-refractivity contribution in [2.75, 3.05) is 0 Å². The Kier molecular flexibility index (Phi) is 1.86. The predicted octanol–water partition coefficient (Wildman–Crippen LogP) is 1.73. The largest absolute Gasteiger partial charge is 0.126 e. The highest BCUT2D eigenvalue weighted by Crippen LogP contribution is 2.22. The van der Waals surface area contributed by atoms with E-state index in [9.17, 15) is 0 Å². The summed E-state index contributed by atoms with van der Waals surface area (Å²) in [6.07, 6.45) is 0. The molecular formula is C14H12Si. The van der Waals surface area contributed by atoms with Crippen molar-refractivity contribution in [2.45, 2.75) is 0 Å². The van der Waals surface area contributed by atoms with Crippen molar-refractivity contribution in [1.82, 2.24) is 0 Å². The lowest BCUT2D eigenvalue weighted by molar-refractivity contribution is 1.71. The SMILES string of the molecule is C=C[SiH]1c2ccccc2-c2ccccc21. The molecule has 0 unspecified atom stereocenters. The maximum atomic E-state index is 4.00. The number of rotatable bonds is 1. The van der Waals surface area contributed by atoms with Crippen LogP contribution in [0.15, 0.2) is 60.8 Å². The van der Waals surface area contributed by atoms with E-state index in [4.69, 9.17) is 0 Å². The fourth-order valence-electron chi connectivity index (χ4n) is 2.45. The third-order valence-corrected chi connectivity index (χ3v) is 5.94. The first kappa shape index (κ1) is 8.68. The van der Waals surface area contributed by atoms with E-state index in [1.807, 2.05) is 0 Å². The summed E-state index contributed by atoms with van der Waals surface area (Å²) < 4.78 is 0. The minimum atomic E-state index is -1.09. The van der Waals surface area contributed by atoms with Gasteiger partial charge in [0.1, 0.15) is 8.80 Å². The van der Waals surface area contributed by atoms with Gasteiger partial charge in [-0.15, -0.1) is 6.58 Å². The van der Waals surface area contributed by atoms with Gasteiger partial charge in [0.25, 0.3) is 0 Å². The van der Waals surface area contributed by atoms with Crippen LogP contribution in [0.5, 0.6) is 0 Å². The molecule has 0 radical (unpaired) electrons. The quantitative estimate of drug-likeness (QED) is 0.626. The molecule has 1 aliphatic heterocycles. The molecule has 1 heteroatoms. The van der Waals surface area contributed by atoms with E-state index >= 15 is 0 Å². The predicted molar refractivity (Wildman–Crippen MR) is 68.5 cm³/mol. The van der Waals surface area contributed by atoms with Crippen molar-refractivity contribution in [3.8, 4) is 11.1 Å². The van der Waals surface area contributed by atoms with Crippen molar-refractivity contribution in [3.63, 3.8) is 0 Å². The second kappa shape index (κ2) is 3.21. The van der Waals surface area contributed by atoms with Gasteiger partial charge in [0.2, 0.25) is 0 Å². The molecule has 72 valence electrons. The second-order valence-electron chi connectivity index (χ2n) is 3.89. The topological polar surface area (TPSA) is 0 Å². The summed E-state index contributed by atoms with van der Waals surface area (Å²) in [5.41, 5.74) is 5.01. The average molecular weight is 208 g/mol. The smallest absolute Gasteiger partial charge is 0.107 e. The van der Waals surface area contributed by atoms with Gasteiger partial charge in [-0.1, -0.05) is 54.2 Å². The molecule has 1 heterocycles. The highest BCUT2D eigenvalue weighted by Gasteiger charge is 2.26. The minimum absolute atomic E-state index is 1.09. The standard InChI is InChI=1S/C14H12Si/c1-2-15-13-9-5-3-7-11(13)12-8-4-6-10-14(12)15/h2-10,15H,1H2. The van der Waals surface area contributed by atoms with Gasteiger partial charge in [0, 0.05) is 0 Å². The first-order chi connectivity index (χ1) is 7.42. The third kappa shape index (κ3) is 1.13. The monoisotopic (exact) mass is 208 g/mol. The average Bonchev–Trinajstić information content (AvgIpc) is 2.63. The van der Waals surface area contributed by atoms with Crippen LogP contribution in [0.2, 0.25) is 0 Å². The van der Waals surface area contributed by atoms with Crippen molar-refractivity contribution < 1.29 is 0 Å². The molecule has 2 aromatic rings. The van der Waals surface area contributed by atoms with Gasteiger partial charge in [-0.05, 0) is 21.5 Å². The summed E-state index contributed by atoms with van der Waals surface area (Å²) in [4.78, 5) is 0. The summed E-state index contributed by atoms with van der Waals surface area (Å²) in [6.45, 7) is 4.00. The zero-order valence-corrected chi connectivity index (χ0v) is 9.64. The Hall–Kier alpha value is -1.60. The molecule has 15 heavy (non-hydrogen) atoms. The fourth-order valence-corrected chi connectivity index (χ4v) is 5.10. The number of benzene rings is 2. The van der Waals surface area contributed by atoms with E-state index in [1.54, 1.807) is 0 Å². The molecule has 1 aliphatic rings. The molecule has 2 aromatic carbocycles. The van der Waals surface area contributed by atoms with E-state index in [0.717, 1.165) is 0 Å². The number of fused-ring (bicyclic) bond motifs is 3. The lowest BCUT2D eigenvalue weighted by atomic mass is 10.1. The van der Waals surface area contributed by atoms with Crippen LogP contribution in [-0.2, 0) is 0 Å². The molecule has 3 rings (SSSR count). The van der Waals surface area contributed by atoms with E-state index in [-0.39, 0.29) is 0 Å². The maximum Gasteiger partial charge on any atom is 0.126 e. The molecule has 0 fully saturated rings. The number of hydrogen-bond acceptors (Lipinski definition) is 0. The third-order valence-electron chi connectivity index (χ3n) is 3.12. The first-order valence-corrected chi connectivity index (χ1v) is 7.04. The minimum Gasteiger partial charge on any atom is -0.107 e. The molecule has 0 spiro atoms. The Morgan fingerprint density at radius 2 is 1.27 bits per heavy atom. The van der Waals surface area contributed by atoms with Gasteiger partial charge in [-0.2, -0.15) is 0 Å². The molecule has 0 aliphatic carbocycles. The summed E-state index contributed by atoms with van der Waals surface area (Å²) in [7, 11) is -1.09. The van der Waals surface area contributed by atoms with Gasteiger partial charge in [-0.3, -0.25) is 0 Å². The lowest BCUT2D eigenvalue weighted by Crippen LogP contribution is -2.35. The molecule has 0 amide bonds. The van der Waals surface area contributed by atoms with Crippen LogP contribution in [0.3, 0.4) is 0 Å². The molecule has 0 nitrogen and oxygen atoms in total. The highest BCUT2D eigenvalue weighted by atomic mass is 28.3. The summed E-state index contributed by atoms with van der Waals surface area (Å²) in [5.74, 6) is 0. The Morgan fingerprint density at radius 3 is 1.73 bits per heavy atom. The molecule has 0 aromatic heterocycles. The Bertz CT molecular complexity index is 483. The van der Waals surface area contributed by atoms with Crippen LogP contribution >= 0.6 is 0 Å². The van der Waals surface area contributed by atoms with Crippen molar-refractivity contribution in [2.24, 2.45) is 0 Å². The van der Waals surface area contributed by atoms with Gasteiger partial charge in [-0.25, -0.2) is 0 Å². The van der Waals surface area contributed by atoms with Crippen LogP contribution in [-0.4, -0.2) is 8.80 Å². The summed E-state index contributed by atoms with van der Waals surface area (Å²) in [5, 5.41) is 3.04. The lowest BCUT2D eigenvalue weighted by Gasteiger charge is -2.04. The maximum absolute atomic E-state index is 4.00. The Morgan fingerprint density at radius 1 is 0.800 bits per heavy atom. The summed E-state index contributed by atoms with van der Waals surface area (Å²) in [6, 6.07) is 17.5.